The van der Waals surface area contributed by atoms with Crippen LogP contribution in [0.1, 0.15) is 13.3 Å². The summed E-state index contributed by atoms with van der Waals surface area (Å²) < 4.78 is 0. The third-order valence-corrected chi connectivity index (χ3v) is 3.03. The maximum Gasteiger partial charge on any atom is 0.0471 e. The monoisotopic (exact) mass is 186 g/mol. The molecule has 1 fully saturated rings. The average molecular weight is 186 g/mol. The lowest BCUT2D eigenvalue weighted by molar-refractivity contribution is 0.195. The van der Waals surface area contributed by atoms with E-state index in [1.54, 1.807) is 0 Å². The topological polar surface area (TPSA) is 26.7 Å². The molecule has 0 aromatic carbocycles. The van der Waals surface area contributed by atoms with Gasteiger partial charge in [0, 0.05) is 25.7 Å². The molecule has 1 rings (SSSR count). The summed E-state index contributed by atoms with van der Waals surface area (Å²) in [4.78, 5) is 4.69. The zero-order valence-corrected chi connectivity index (χ0v) is 9.03. The van der Waals surface area contributed by atoms with Crippen LogP contribution in [-0.4, -0.2) is 61.3 Å². The molecular formula is C10H22N2O. The first-order chi connectivity index (χ1) is 6.13. The number of likely N-dealkylation sites (tertiary alicyclic amines) is 1. The molecule has 1 aliphatic rings. The molecule has 0 spiro atoms. The first-order valence-electron chi connectivity index (χ1n) is 5.13. The molecule has 0 bridgehead atoms. The fourth-order valence-electron chi connectivity index (χ4n) is 1.76. The molecule has 2 atom stereocenters. The van der Waals surface area contributed by atoms with Crippen molar-refractivity contribution in [2.24, 2.45) is 5.92 Å². The standard InChI is InChI=1S/C10H22N2O/c1-9(11(2)3)6-12-5-4-10(7-12)8-13/h9-10,13H,4-8H2,1-3H3. The Balaban J connectivity index is 2.23. The summed E-state index contributed by atoms with van der Waals surface area (Å²) in [7, 11) is 4.23. The van der Waals surface area contributed by atoms with E-state index in [1.807, 2.05) is 0 Å². The molecule has 1 heterocycles. The number of hydrogen-bond donors (Lipinski definition) is 1. The minimum Gasteiger partial charge on any atom is -0.396 e. The molecule has 13 heavy (non-hydrogen) atoms. The number of aliphatic hydroxyl groups is 1. The van der Waals surface area contributed by atoms with Crippen molar-refractivity contribution in [1.82, 2.24) is 9.80 Å². The molecule has 0 aliphatic carbocycles. The minimum atomic E-state index is 0.354. The molecule has 1 aliphatic heterocycles. The Bertz CT molecular complexity index is 150. The van der Waals surface area contributed by atoms with Crippen LogP contribution in [0.25, 0.3) is 0 Å². The predicted octanol–water partition coefficient (Wildman–Crippen LogP) is 0.251. The second-order valence-electron chi connectivity index (χ2n) is 4.41. The molecule has 3 nitrogen and oxygen atoms in total. The summed E-state index contributed by atoms with van der Waals surface area (Å²) in [6.07, 6.45) is 1.16. The highest BCUT2D eigenvalue weighted by Crippen LogP contribution is 2.15. The average Bonchev–Trinajstić information content (AvgIpc) is 2.52. The summed E-state index contributed by atoms with van der Waals surface area (Å²) in [5.74, 6) is 0.523. The van der Waals surface area contributed by atoms with Gasteiger partial charge in [-0.1, -0.05) is 0 Å². The van der Waals surface area contributed by atoms with E-state index in [0.717, 1.165) is 26.1 Å². The van der Waals surface area contributed by atoms with Crippen LogP contribution in [0.4, 0.5) is 0 Å². The first kappa shape index (κ1) is 11.0. The first-order valence-corrected chi connectivity index (χ1v) is 5.13. The van der Waals surface area contributed by atoms with Crippen molar-refractivity contribution in [2.75, 3.05) is 40.3 Å². The number of likely N-dealkylation sites (N-methyl/N-ethyl adjacent to an activating group) is 1. The van der Waals surface area contributed by atoms with E-state index in [9.17, 15) is 0 Å². The lowest BCUT2D eigenvalue weighted by Crippen LogP contribution is -2.37. The molecule has 0 aromatic rings. The zero-order valence-electron chi connectivity index (χ0n) is 9.03. The Labute approximate surface area is 81.3 Å². The van der Waals surface area contributed by atoms with Crippen molar-refractivity contribution in [2.45, 2.75) is 19.4 Å². The van der Waals surface area contributed by atoms with Crippen molar-refractivity contribution in [3.8, 4) is 0 Å². The molecule has 2 unspecified atom stereocenters. The molecular weight excluding hydrogens is 164 g/mol. The van der Waals surface area contributed by atoms with Gasteiger partial charge in [0.25, 0.3) is 0 Å². The quantitative estimate of drug-likeness (QED) is 0.682. The van der Waals surface area contributed by atoms with Gasteiger partial charge in [0.05, 0.1) is 0 Å². The normalized spacial score (nSPS) is 27.0. The summed E-state index contributed by atoms with van der Waals surface area (Å²) in [6, 6.07) is 0.609. The molecule has 0 amide bonds. The number of rotatable bonds is 4. The fourth-order valence-corrected chi connectivity index (χ4v) is 1.76. The van der Waals surface area contributed by atoms with Crippen LogP contribution in [0.5, 0.6) is 0 Å². The van der Waals surface area contributed by atoms with Gasteiger partial charge in [-0.25, -0.2) is 0 Å². The van der Waals surface area contributed by atoms with Crippen LogP contribution in [-0.2, 0) is 0 Å². The van der Waals surface area contributed by atoms with Crippen molar-refractivity contribution < 1.29 is 5.11 Å². The van der Waals surface area contributed by atoms with E-state index < -0.39 is 0 Å². The maximum absolute atomic E-state index is 8.99. The molecule has 1 N–H and O–H groups in total. The summed E-state index contributed by atoms with van der Waals surface area (Å²) in [6.45, 7) is 5.96. The minimum absolute atomic E-state index is 0.354. The van der Waals surface area contributed by atoms with Gasteiger partial charge < -0.3 is 14.9 Å². The molecule has 3 heteroatoms. The summed E-state index contributed by atoms with van der Waals surface area (Å²) in [5.41, 5.74) is 0. The van der Waals surface area contributed by atoms with E-state index in [-0.39, 0.29) is 0 Å². The van der Waals surface area contributed by atoms with Gasteiger partial charge in [0.1, 0.15) is 0 Å². The van der Waals surface area contributed by atoms with E-state index in [4.69, 9.17) is 5.11 Å². The highest BCUT2D eigenvalue weighted by Gasteiger charge is 2.22. The Kier molecular flexibility index (Phi) is 4.16. The van der Waals surface area contributed by atoms with Gasteiger partial charge in [0.15, 0.2) is 0 Å². The van der Waals surface area contributed by atoms with Crippen LogP contribution < -0.4 is 0 Å². The van der Waals surface area contributed by atoms with Crippen molar-refractivity contribution >= 4 is 0 Å². The third kappa shape index (κ3) is 3.25. The number of hydrogen-bond acceptors (Lipinski definition) is 3. The second-order valence-corrected chi connectivity index (χ2v) is 4.41. The van der Waals surface area contributed by atoms with E-state index in [1.165, 1.54) is 0 Å². The van der Waals surface area contributed by atoms with Crippen LogP contribution in [0.3, 0.4) is 0 Å². The lowest BCUT2D eigenvalue weighted by atomic mass is 10.1. The summed E-state index contributed by atoms with van der Waals surface area (Å²) in [5, 5.41) is 8.99. The van der Waals surface area contributed by atoms with Gasteiger partial charge in [-0.05, 0) is 39.9 Å². The Morgan fingerprint density at radius 1 is 1.54 bits per heavy atom. The van der Waals surface area contributed by atoms with Crippen LogP contribution in [0.2, 0.25) is 0 Å². The highest BCUT2D eigenvalue weighted by atomic mass is 16.3. The van der Waals surface area contributed by atoms with Crippen molar-refractivity contribution in [3.05, 3.63) is 0 Å². The van der Waals surface area contributed by atoms with Gasteiger partial charge in [0.2, 0.25) is 0 Å². The van der Waals surface area contributed by atoms with Gasteiger partial charge in [-0.15, -0.1) is 0 Å². The number of aliphatic hydroxyl groups excluding tert-OH is 1. The van der Waals surface area contributed by atoms with E-state index in [2.05, 4.69) is 30.8 Å². The van der Waals surface area contributed by atoms with Crippen LogP contribution >= 0.6 is 0 Å². The molecule has 1 saturated heterocycles. The predicted molar refractivity (Wildman–Crippen MR) is 54.8 cm³/mol. The van der Waals surface area contributed by atoms with Crippen molar-refractivity contribution in [3.63, 3.8) is 0 Å². The molecule has 0 aromatic heterocycles. The van der Waals surface area contributed by atoms with Gasteiger partial charge in [-0.2, -0.15) is 0 Å². The zero-order chi connectivity index (χ0) is 9.84. The second kappa shape index (κ2) is 4.94. The van der Waals surface area contributed by atoms with Crippen LogP contribution in [0, 0.1) is 5.92 Å². The largest absolute Gasteiger partial charge is 0.396 e. The van der Waals surface area contributed by atoms with Crippen LogP contribution in [0.15, 0.2) is 0 Å². The van der Waals surface area contributed by atoms with Gasteiger partial charge in [-0.3, -0.25) is 0 Å². The number of nitrogens with zero attached hydrogens (tertiary/aromatic N) is 2. The highest BCUT2D eigenvalue weighted by molar-refractivity contribution is 4.77. The SMILES string of the molecule is CC(CN1CCC(CO)C1)N(C)C. The third-order valence-electron chi connectivity index (χ3n) is 3.03. The Morgan fingerprint density at radius 2 is 2.23 bits per heavy atom. The van der Waals surface area contributed by atoms with E-state index >= 15 is 0 Å². The molecule has 0 radical (unpaired) electrons. The fraction of sp³-hybridized carbons (Fsp3) is 1.00. The maximum atomic E-state index is 8.99. The van der Waals surface area contributed by atoms with E-state index in [0.29, 0.717) is 18.6 Å². The van der Waals surface area contributed by atoms with Crippen molar-refractivity contribution in [1.29, 1.82) is 0 Å². The smallest absolute Gasteiger partial charge is 0.0471 e. The molecule has 0 saturated carbocycles. The summed E-state index contributed by atoms with van der Waals surface area (Å²) >= 11 is 0. The Morgan fingerprint density at radius 3 is 2.69 bits per heavy atom. The Hall–Kier alpha value is -0.120. The lowest BCUT2D eigenvalue weighted by Gasteiger charge is -2.25. The van der Waals surface area contributed by atoms with Gasteiger partial charge >= 0.3 is 0 Å². The molecule has 78 valence electrons.